The number of esters is 2. The van der Waals surface area contributed by atoms with Crippen molar-refractivity contribution < 1.29 is 19.1 Å². The molecule has 0 saturated heterocycles. The van der Waals surface area contributed by atoms with Gasteiger partial charge in [0.25, 0.3) is 0 Å². The fraction of sp³-hybridized carbons (Fsp3) is 0.167. The molecule has 0 fully saturated rings. The van der Waals surface area contributed by atoms with Gasteiger partial charge in [0.15, 0.2) is 0 Å². The Morgan fingerprint density at radius 3 is 1.45 bits per heavy atom. The average molecular weight is 531 g/mol. The van der Waals surface area contributed by atoms with Crippen LogP contribution in [0.25, 0.3) is 33.4 Å². The standard InChI is InChI=1S/C36H34O4/c1-3-35(37)39-25-11-15-27-13-5-7-17-31(27)29-21-23-30(24-22-29)33-19-9-10-20-34(33)32-18-8-6-14-28(32)16-12-26-40-36(38)4-2/h3-10,13-14,17-24H,1-2,11-12,15-16,25-26H2. The second-order valence-electron chi connectivity index (χ2n) is 9.39. The van der Waals surface area contributed by atoms with Crippen LogP contribution in [0.5, 0.6) is 0 Å². The Morgan fingerprint density at radius 1 is 0.525 bits per heavy atom. The maximum atomic E-state index is 11.4. The predicted octanol–water partition coefficient (Wildman–Crippen LogP) is 8.01. The number of hydrogen-bond donors (Lipinski definition) is 0. The van der Waals surface area contributed by atoms with E-state index in [1.807, 2.05) is 12.1 Å². The molecule has 202 valence electrons. The second-order valence-corrected chi connectivity index (χ2v) is 9.39. The van der Waals surface area contributed by atoms with E-state index in [-0.39, 0.29) is 5.97 Å². The van der Waals surface area contributed by atoms with E-state index in [1.165, 1.54) is 40.0 Å². The van der Waals surface area contributed by atoms with E-state index in [2.05, 4.69) is 98.1 Å². The summed E-state index contributed by atoms with van der Waals surface area (Å²) in [6, 6.07) is 33.9. The predicted molar refractivity (Wildman–Crippen MR) is 162 cm³/mol. The van der Waals surface area contributed by atoms with Gasteiger partial charge in [-0.3, -0.25) is 0 Å². The zero-order valence-electron chi connectivity index (χ0n) is 22.7. The molecular weight excluding hydrogens is 496 g/mol. The van der Waals surface area contributed by atoms with Crippen molar-refractivity contribution >= 4 is 11.9 Å². The molecule has 4 aromatic rings. The first-order valence-corrected chi connectivity index (χ1v) is 13.5. The zero-order valence-corrected chi connectivity index (χ0v) is 22.7. The SMILES string of the molecule is C=CC(=O)OCCCc1ccccc1-c1ccc(-c2ccccc2-c2ccccc2CCCOC(=O)C=C)cc1. The number of aryl methyl sites for hydroxylation is 2. The van der Waals surface area contributed by atoms with E-state index in [1.54, 1.807) is 0 Å². The smallest absolute Gasteiger partial charge is 0.330 e. The van der Waals surface area contributed by atoms with Crippen molar-refractivity contribution in [1.29, 1.82) is 0 Å². The summed E-state index contributed by atoms with van der Waals surface area (Å²) in [7, 11) is 0. The van der Waals surface area contributed by atoms with Crippen LogP contribution in [0, 0.1) is 0 Å². The molecule has 0 aliphatic carbocycles. The molecule has 0 N–H and O–H groups in total. The van der Waals surface area contributed by atoms with Crippen LogP contribution in [0.2, 0.25) is 0 Å². The summed E-state index contributed by atoms with van der Waals surface area (Å²) in [5.74, 6) is -0.778. The van der Waals surface area contributed by atoms with Gasteiger partial charge >= 0.3 is 11.9 Å². The summed E-state index contributed by atoms with van der Waals surface area (Å²) in [4.78, 5) is 22.7. The van der Waals surface area contributed by atoms with E-state index in [4.69, 9.17) is 9.47 Å². The summed E-state index contributed by atoms with van der Waals surface area (Å²) in [5.41, 5.74) is 9.42. The minimum Gasteiger partial charge on any atom is -0.463 e. The highest BCUT2D eigenvalue weighted by Crippen LogP contribution is 2.35. The monoisotopic (exact) mass is 530 g/mol. The van der Waals surface area contributed by atoms with Gasteiger partial charge in [-0.1, -0.05) is 110 Å². The van der Waals surface area contributed by atoms with Crippen LogP contribution in [0.1, 0.15) is 24.0 Å². The maximum Gasteiger partial charge on any atom is 0.330 e. The zero-order chi connectivity index (χ0) is 28.2. The molecule has 0 bridgehead atoms. The molecule has 0 aromatic heterocycles. The Balaban J connectivity index is 1.53. The van der Waals surface area contributed by atoms with Crippen molar-refractivity contribution in [2.75, 3.05) is 13.2 Å². The minimum absolute atomic E-state index is 0.365. The van der Waals surface area contributed by atoms with Gasteiger partial charge in [0, 0.05) is 12.2 Å². The van der Waals surface area contributed by atoms with Crippen LogP contribution in [0.15, 0.2) is 122 Å². The number of carbonyl (C=O) groups excluding carboxylic acids is 2. The molecule has 4 aromatic carbocycles. The molecule has 4 rings (SSSR count). The second kappa shape index (κ2) is 14.5. The fourth-order valence-electron chi connectivity index (χ4n) is 4.81. The van der Waals surface area contributed by atoms with Gasteiger partial charge in [0.05, 0.1) is 13.2 Å². The number of benzene rings is 4. The maximum absolute atomic E-state index is 11.4. The fourth-order valence-corrected chi connectivity index (χ4v) is 4.81. The summed E-state index contributed by atoms with van der Waals surface area (Å²) < 4.78 is 10.3. The van der Waals surface area contributed by atoms with Crippen molar-refractivity contribution in [2.24, 2.45) is 0 Å². The molecule has 0 saturated carbocycles. The first-order chi connectivity index (χ1) is 19.6. The highest BCUT2D eigenvalue weighted by molar-refractivity contribution is 5.86. The Bertz CT molecular complexity index is 1470. The molecule has 0 aliphatic rings. The number of rotatable bonds is 13. The minimum atomic E-state index is -0.390. The molecule has 0 unspecified atom stereocenters. The lowest BCUT2D eigenvalue weighted by atomic mass is 9.89. The molecule has 0 radical (unpaired) electrons. The molecule has 0 amide bonds. The quantitative estimate of drug-likeness (QED) is 0.0998. The van der Waals surface area contributed by atoms with E-state index in [0.29, 0.717) is 13.2 Å². The van der Waals surface area contributed by atoms with Gasteiger partial charge in [0.2, 0.25) is 0 Å². The Morgan fingerprint density at radius 2 is 0.925 bits per heavy atom. The number of carbonyl (C=O) groups is 2. The topological polar surface area (TPSA) is 52.6 Å². The van der Waals surface area contributed by atoms with Crippen molar-refractivity contribution in [3.63, 3.8) is 0 Å². The Labute approximate surface area is 236 Å². The van der Waals surface area contributed by atoms with Crippen LogP contribution in [-0.2, 0) is 31.9 Å². The van der Waals surface area contributed by atoms with Gasteiger partial charge in [-0.25, -0.2) is 9.59 Å². The normalized spacial score (nSPS) is 10.5. The van der Waals surface area contributed by atoms with Crippen LogP contribution in [0.3, 0.4) is 0 Å². The third-order valence-electron chi connectivity index (χ3n) is 6.76. The van der Waals surface area contributed by atoms with Crippen LogP contribution in [-0.4, -0.2) is 25.2 Å². The lowest BCUT2D eigenvalue weighted by Crippen LogP contribution is -2.03. The highest BCUT2D eigenvalue weighted by Gasteiger charge is 2.12. The van der Waals surface area contributed by atoms with Crippen molar-refractivity contribution in [2.45, 2.75) is 25.7 Å². The molecule has 4 heteroatoms. The average Bonchev–Trinajstić information content (AvgIpc) is 3.01. The van der Waals surface area contributed by atoms with Crippen molar-refractivity contribution in [3.05, 3.63) is 133 Å². The van der Waals surface area contributed by atoms with Gasteiger partial charge in [-0.2, -0.15) is 0 Å². The van der Waals surface area contributed by atoms with E-state index >= 15 is 0 Å². The molecule has 4 nitrogen and oxygen atoms in total. The van der Waals surface area contributed by atoms with Gasteiger partial charge in [-0.15, -0.1) is 0 Å². The molecule has 0 heterocycles. The highest BCUT2D eigenvalue weighted by atomic mass is 16.5. The summed E-state index contributed by atoms with van der Waals surface area (Å²) in [6.07, 6.45) is 5.49. The lowest BCUT2D eigenvalue weighted by Gasteiger charge is -2.15. The van der Waals surface area contributed by atoms with Crippen LogP contribution in [0.4, 0.5) is 0 Å². The van der Waals surface area contributed by atoms with E-state index in [0.717, 1.165) is 42.4 Å². The third kappa shape index (κ3) is 7.45. The molecule has 40 heavy (non-hydrogen) atoms. The molecule has 0 aliphatic heterocycles. The molecule has 0 atom stereocenters. The van der Waals surface area contributed by atoms with Crippen LogP contribution < -0.4 is 0 Å². The molecular formula is C36H34O4. The van der Waals surface area contributed by atoms with E-state index < -0.39 is 5.97 Å². The number of ether oxygens (including phenoxy) is 2. The van der Waals surface area contributed by atoms with Gasteiger partial charge in [0.1, 0.15) is 0 Å². The Kier molecular flexibility index (Phi) is 10.2. The lowest BCUT2D eigenvalue weighted by molar-refractivity contribution is -0.138. The summed E-state index contributed by atoms with van der Waals surface area (Å²) in [5, 5.41) is 0. The first kappa shape index (κ1) is 28.3. The summed E-state index contributed by atoms with van der Waals surface area (Å²) in [6.45, 7) is 7.62. The Hall–Kier alpha value is -4.70. The first-order valence-electron chi connectivity index (χ1n) is 13.5. The third-order valence-corrected chi connectivity index (χ3v) is 6.76. The summed E-state index contributed by atoms with van der Waals surface area (Å²) >= 11 is 0. The van der Waals surface area contributed by atoms with Gasteiger partial charge in [-0.05, 0) is 70.2 Å². The van der Waals surface area contributed by atoms with Gasteiger partial charge < -0.3 is 9.47 Å². The molecule has 0 spiro atoms. The van der Waals surface area contributed by atoms with Crippen molar-refractivity contribution in [3.8, 4) is 33.4 Å². The number of hydrogen-bond acceptors (Lipinski definition) is 4. The largest absolute Gasteiger partial charge is 0.463 e. The van der Waals surface area contributed by atoms with Crippen molar-refractivity contribution in [1.82, 2.24) is 0 Å². The van der Waals surface area contributed by atoms with Crippen LogP contribution >= 0.6 is 0 Å². The van der Waals surface area contributed by atoms with E-state index in [9.17, 15) is 9.59 Å².